The summed E-state index contributed by atoms with van der Waals surface area (Å²) < 4.78 is 5.21. The number of amides is 1. The van der Waals surface area contributed by atoms with Crippen LogP contribution in [-0.4, -0.2) is 23.3 Å². The molecule has 6 heteroatoms. The molecule has 1 N–H and O–H groups in total. The zero-order chi connectivity index (χ0) is 23.7. The molecule has 0 aromatic heterocycles. The van der Waals surface area contributed by atoms with Crippen LogP contribution in [0.25, 0.3) is 6.08 Å². The third-order valence-corrected chi connectivity index (χ3v) is 6.74. The summed E-state index contributed by atoms with van der Waals surface area (Å²) in [7, 11) is 1.50. The molecule has 3 aromatic carbocycles. The normalized spacial score (nSPS) is 16.2. The number of aliphatic imine (C=N–C) groups is 1. The summed E-state index contributed by atoms with van der Waals surface area (Å²) in [6.07, 6.45) is 1.80. The molecule has 4 rings (SSSR count). The average Bonchev–Trinajstić information content (AvgIpc) is 3.08. The van der Waals surface area contributed by atoms with E-state index in [9.17, 15) is 9.90 Å². The van der Waals surface area contributed by atoms with Gasteiger partial charge in [-0.05, 0) is 110 Å². The third-order valence-electron chi connectivity index (χ3n) is 5.77. The number of aryl methyl sites for hydroxylation is 4. The zero-order valence-corrected chi connectivity index (χ0v) is 20.2. The van der Waals surface area contributed by atoms with Crippen LogP contribution in [0.3, 0.4) is 0 Å². The quantitative estimate of drug-likeness (QED) is 0.457. The van der Waals surface area contributed by atoms with Gasteiger partial charge in [-0.25, -0.2) is 4.99 Å². The Hall–Kier alpha value is -3.51. The Balaban J connectivity index is 1.80. The van der Waals surface area contributed by atoms with Crippen molar-refractivity contribution >= 4 is 40.3 Å². The second-order valence-electron chi connectivity index (χ2n) is 8.11. The molecule has 3 aromatic rings. The number of aromatic hydroxyl groups is 1. The molecule has 0 unspecified atom stereocenters. The molecule has 0 saturated carbocycles. The fraction of sp³-hybridized carbons (Fsp3) is 0.185. The zero-order valence-electron chi connectivity index (χ0n) is 19.3. The first-order valence-corrected chi connectivity index (χ1v) is 11.4. The number of carbonyl (C=O) groups is 1. The van der Waals surface area contributed by atoms with E-state index in [-0.39, 0.29) is 11.7 Å². The SMILES string of the molecule is COc1cc(/C=C2/SC(=Nc3ccc(C)c(C)c3)N(c3ccc(C)c(C)c3)C2=O)ccc1O. The molecule has 1 heterocycles. The van der Waals surface area contributed by atoms with E-state index in [1.54, 1.807) is 29.2 Å². The Morgan fingerprint density at radius 1 is 0.909 bits per heavy atom. The molecule has 0 radical (unpaired) electrons. The van der Waals surface area contributed by atoms with E-state index in [4.69, 9.17) is 9.73 Å². The van der Waals surface area contributed by atoms with Gasteiger partial charge in [-0.3, -0.25) is 9.69 Å². The number of thioether (sulfide) groups is 1. The van der Waals surface area contributed by atoms with Crippen molar-refractivity contribution in [3.8, 4) is 11.5 Å². The van der Waals surface area contributed by atoms with E-state index < -0.39 is 0 Å². The maximum atomic E-state index is 13.5. The van der Waals surface area contributed by atoms with Crippen LogP contribution in [0.1, 0.15) is 27.8 Å². The predicted octanol–water partition coefficient (Wildman–Crippen LogP) is 6.44. The van der Waals surface area contributed by atoms with Gasteiger partial charge in [-0.1, -0.05) is 18.2 Å². The van der Waals surface area contributed by atoms with Crippen molar-refractivity contribution < 1.29 is 14.6 Å². The second kappa shape index (κ2) is 9.16. The van der Waals surface area contributed by atoms with Crippen molar-refractivity contribution in [2.45, 2.75) is 27.7 Å². The molecule has 1 saturated heterocycles. The first-order valence-electron chi connectivity index (χ1n) is 10.6. The average molecular weight is 459 g/mol. The lowest BCUT2D eigenvalue weighted by Gasteiger charge is -2.17. The molecule has 0 atom stereocenters. The fourth-order valence-electron chi connectivity index (χ4n) is 3.48. The fourth-order valence-corrected chi connectivity index (χ4v) is 4.48. The van der Waals surface area contributed by atoms with Gasteiger partial charge in [-0.15, -0.1) is 0 Å². The van der Waals surface area contributed by atoms with Crippen LogP contribution in [0, 0.1) is 27.7 Å². The molecule has 0 aliphatic carbocycles. The van der Waals surface area contributed by atoms with Crippen LogP contribution in [0.5, 0.6) is 11.5 Å². The highest BCUT2D eigenvalue weighted by Gasteiger charge is 2.35. The van der Waals surface area contributed by atoms with E-state index >= 15 is 0 Å². The van der Waals surface area contributed by atoms with Crippen molar-refractivity contribution in [3.63, 3.8) is 0 Å². The Morgan fingerprint density at radius 3 is 2.27 bits per heavy atom. The van der Waals surface area contributed by atoms with Crippen LogP contribution in [0.15, 0.2) is 64.5 Å². The minimum absolute atomic E-state index is 0.0544. The Bertz CT molecular complexity index is 1310. The molecule has 1 amide bonds. The highest BCUT2D eigenvalue weighted by molar-refractivity contribution is 8.19. The molecule has 168 valence electrons. The summed E-state index contributed by atoms with van der Waals surface area (Å²) in [6, 6.07) is 17.0. The number of hydrogen-bond donors (Lipinski definition) is 1. The number of benzene rings is 3. The van der Waals surface area contributed by atoms with Gasteiger partial charge in [-0.2, -0.15) is 0 Å². The van der Waals surface area contributed by atoms with Crippen molar-refractivity contribution in [3.05, 3.63) is 87.3 Å². The maximum absolute atomic E-state index is 13.5. The van der Waals surface area contributed by atoms with Crippen LogP contribution in [-0.2, 0) is 4.79 Å². The lowest BCUT2D eigenvalue weighted by atomic mass is 10.1. The molecule has 1 aliphatic heterocycles. The minimum Gasteiger partial charge on any atom is -0.504 e. The first kappa shape index (κ1) is 22.7. The Morgan fingerprint density at radius 2 is 1.61 bits per heavy atom. The summed E-state index contributed by atoms with van der Waals surface area (Å²) in [6.45, 7) is 8.20. The van der Waals surface area contributed by atoms with Gasteiger partial charge < -0.3 is 9.84 Å². The molecular weight excluding hydrogens is 432 g/mol. The number of phenols is 1. The van der Waals surface area contributed by atoms with Crippen molar-refractivity contribution in [1.29, 1.82) is 0 Å². The lowest BCUT2D eigenvalue weighted by Crippen LogP contribution is -2.28. The third kappa shape index (κ3) is 4.66. The topological polar surface area (TPSA) is 62.1 Å². The van der Waals surface area contributed by atoms with Crippen LogP contribution >= 0.6 is 11.8 Å². The molecule has 0 spiro atoms. The van der Waals surface area contributed by atoms with Crippen LogP contribution in [0.4, 0.5) is 11.4 Å². The number of anilines is 1. The summed E-state index contributed by atoms with van der Waals surface area (Å²) in [5, 5.41) is 10.5. The number of hydrogen-bond acceptors (Lipinski definition) is 5. The summed E-state index contributed by atoms with van der Waals surface area (Å²) in [4.78, 5) is 20.6. The number of ether oxygens (including phenoxy) is 1. The highest BCUT2D eigenvalue weighted by Crippen LogP contribution is 2.38. The molecule has 1 fully saturated rings. The van der Waals surface area contributed by atoms with Crippen molar-refractivity contribution in [2.75, 3.05) is 12.0 Å². The standard InChI is InChI=1S/C27H26N2O3S/c1-16-6-9-21(12-18(16)3)28-27-29(22-10-7-17(2)19(4)13-22)26(31)25(33-27)15-20-8-11-23(30)24(14-20)32-5/h6-15,30H,1-5H3/b25-15+,28-27?. The van der Waals surface area contributed by atoms with E-state index in [1.165, 1.54) is 24.4 Å². The lowest BCUT2D eigenvalue weighted by molar-refractivity contribution is -0.113. The molecule has 1 aliphatic rings. The summed E-state index contributed by atoms with van der Waals surface area (Å²) in [5.74, 6) is 0.270. The minimum atomic E-state index is -0.141. The van der Waals surface area contributed by atoms with Gasteiger partial charge >= 0.3 is 0 Å². The second-order valence-corrected chi connectivity index (χ2v) is 9.12. The van der Waals surface area contributed by atoms with E-state index in [2.05, 4.69) is 13.8 Å². The van der Waals surface area contributed by atoms with Crippen molar-refractivity contribution in [2.24, 2.45) is 4.99 Å². The number of methoxy groups -OCH3 is 1. The van der Waals surface area contributed by atoms with Gasteiger partial charge in [0.05, 0.1) is 23.4 Å². The number of nitrogens with zero attached hydrogens (tertiary/aromatic N) is 2. The Labute approximate surface area is 198 Å². The summed E-state index contributed by atoms with van der Waals surface area (Å²) >= 11 is 1.33. The molecule has 0 bridgehead atoms. The number of amidine groups is 1. The smallest absolute Gasteiger partial charge is 0.271 e. The van der Waals surface area contributed by atoms with Gasteiger partial charge in [0, 0.05) is 0 Å². The van der Waals surface area contributed by atoms with Crippen LogP contribution in [0.2, 0.25) is 0 Å². The van der Waals surface area contributed by atoms with Gasteiger partial charge in [0.15, 0.2) is 16.7 Å². The monoisotopic (exact) mass is 458 g/mol. The molecule has 33 heavy (non-hydrogen) atoms. The van der Waals surface area contributed by atoms with Gasteiger partial charge in [0.25, 0.3) is 5.91 Å². The van der Waals surface area contributed by atoms with Crippen molar-refractivity contribution in [1.82, 2.24) is 0 Å². The van der Waals surface area contributed by atoms with Gasteiger partial charge in [0.1, 0.15) is 0 Å². The van der Waals surface area contributed by atoms with E-state index in [0.29, 0.717) is 15.8 Å². The summed E-state index contributed by atoms with van der Waals surface area (Å²) in [5.41, 5.74) is 6.96. The molecule has 5 nitrogen and oxygen atoms in total. The predicted molar refractivity (Wildman–Crippen MR) is 137 cm³/mol. The number of phenolic OH excluding ortho intramolecular Hbond substituents is 1. The van der Waals surface area contributed by atoms with Gasteiger partial charge in [0.2, 0.25) is 0 Å². The Kier molecular flexibility index (Phi) is 6.29. The highest BCUT2D eigenvalue weighted by atomic mass is 32.2. The maximum Gasteiger partial charge on any atom is 0.271 e. The first-order chi connectivity index (χ1) is 15.8. The number of carbonyl (C=O) groups excluding carboxylic acids is 1. The number of rotatable bonds is 4. The van der Waals surface area contributed by atoms with E-state index in [1.807, 2.05) is 50.2 Å². The molecular formula is C27H26N2O3S. The largest absolute Gasteiger partial charge is 0.504 e. The van der Waals surface area contributed by atoms with E-state index in [0.717, 1.165) is 33.6 Å². The van der Waals surface area contributed by atoms with Crippen LogP contribution < -0.4 is 9.64 Å².